The van der Waals surface area contributed by atoms with Crippen molar-refractivity contribution in [1.82, 2.24) is 0 Å². The summed E-state index contributed by atoms with van der Waals surface area (Å²) in [6, 6.07) is 0. The molecule has 0 heterocycles. The molecule has 0 radical (unpaired) electrons. The number of aldehydes is 1. The summed E-state index contributed by atoms with van der Waals surface area (Å²) in [6.45, 7) is 0.316. The highest BCUT2D eigenvalue weighted by molar-refractivity contribution is 5.83. The average molecular weight is 212 g/mol. The lowest BCUT2D eigenvalue weighted by Gasteiger charge is -2.08. The van der Waals surface area contributed by atoms with E-state index in [1.165, 1.54) is 0 Å². The Labute approximate surface area is 89.2 Å². The molecule has 0 amide bonds. The fourth-order valence-electron chi connectivity index (χ4n) is 1.07. The van der Waals surface area contributed by atoms with Crippen molar-refractivity contribution in [2.24, 2.45) is 0 Å². The van der Waals surface area contributed by atoms with Gasteiger partial charge >= 0.3 is 5.97 Å². The molecule has 1 aliphatic carbocycles. The first kappa shape index (κ1) is 13.6. The Balaban J connectivity index is 0.000000921. The van der Waals surface area contributed by atoms with Crippen molar-refractivity contribution in [3.8, 4) is 0 Å². The van der Waals surface area contributed by atoms with E-state index in [0.29, 0.717) is 12.9 Å². The lowest BCUT2D eigenvalue weighted by atomic mass is 10.1. The van der Waals surface area contributed by atoms with E-state index in [-0.39, 0.29) is 6.42 Å². The average Bonchev–Trinajstić information content (AvgIpc) is 2.31. The molecular formula is C11H16O4. The summed E-state index contributed by atoms with van der Waals surface area (Å²) in [7, 11) is 1.00. The first-order valence-corrected chi connectivity index (χ1v) is 4.71. The van der Waals surface area contributed by atoms with E-state index in [9.17, 15) is 9.59 Å². The van der Waals surface area contributed by atoms with E-state index >= 15 is 0 Å². The van der Waals surface area contributed by atoms with Gasteiger partial charge in [-0.05, 0) is 18.4 Å². The minimum atomic E-state index is -0.453. The third kappa shape index (κ3) is 6.62. The summed E-state index contributed by atoms with van der Waals surface area (Å²) in [5.74, 6) is -0.453. The standard InChI is InChI=1S/C10H12O3.CH4O/c11-7-6-10(12)13-8-9-4-2-1-3-5-9;1-2/h1-2,4,7H,3,5-6,8H2;2H,1H3. The van der Waals surface area contributed by atoms with Gasteiger partial charge in [0, 0.05) is 7.11 Å². The third-order valence-corrected chi connectivity index (χ3v) is 1.77. The zero-order valence-corrected chi connectivity index (χ0v) is 8.81. The van der Waals surface area contributed by atoms with Gasteiger partial charge in [-0.2, -0.15) is 0 Å². The topological polar surface area (TPSA) is 63.6 Å². The molecule has 1 N–H and O–H groups in total. The quantitative estimate of drug-likeness (QED) is 0.429. The van der Waals surface area contributed by atoms with Crippen LogP contribution >= 0.6 is 0 Å². The number of hydrogen-bond donors (Lipinski definition) is 1. The maximum Gasteiger partial charge on any atom is 0.313 e. The number of ether oxygens (including phenoxy) is 1. The second kappa shape index (κ2) is 9.15. The maximum absolute atomic E-state index is 10.8. The van der Waals surface area contributed by atoms with Crippen LogP contribution in [0.4, 0.5) is 0 Å². The first-order valence-electron chi connectivity index (χ1n) is 4.71. The first-order chi connectivity index (χ1) is 7.33. The zero-order valence-electron chi connectivity index (χ0n) is 8.81. The molecule has 0 aromatic heterocycles. The molecule has 0 aliphatic heterocycles. The Morgan fingerprint density at radius 3 is 2.87 bits per heavy atom. The number of allylic oxidation sites excluding steroid dienone is 3. The van der Waals surface area contributed by atoms with Crippen molar-refractivity contribution in [3.63, 3.8) is 0 Å². The fourth-order valence-corrected chi connectivity index (χ4v) is 1.07. The minimum Gasteiger partial charge on any atom is -0.461 e. The molecule has 1 aliphatic rings. The Bertz CT molecular complexity index is 253. The summed E-state index contributed by atoms with van der Waals surface area (Å²) in [6.07, 6.45) is 8.30. The van der Waals surface area contributed by atoms with Crippen LogP contribution in [0.1, 0.15) is 19.3 Å². The molecule has 0 atom stereocenters. The van der Waals surface area contributed by atoms with Gasteiger partial charge < -0.3 is 14.6 Å². The highest BCUT2D eigenvalue weighted by Crippen LogP contribution is 2.11. The summed E-state index contributed by atoms with van der Waals surface area (Å²) in [4.78, 5) is 20.7. The highest BCUT2D eigenvalue weighted by Gasteiger charge is 2.04. The monoisotopic (exact) mass is 212 g/mol. The normalized spacial score (nSPS) is 13.3. The molecule has 4 heteroatoms. The molecule has 4 nitrogen and oxygen atoms in total. The van der Waals surface area contributed by atoms with Gasteiger partial charge in [0.1, 0.15) is 19.3 Å². The highest BCUT2D eigenvalue weighted by atomic mass is 16.5. The SMILES string of the molecule is CO.O=CCC(=O)OCC1=CC=CCC1. The lowest BCUT2D eigenvalue weighted by molar-refractivity contribution is -0.143. The van der Waals surface area contributed by atoms with E-state index in [1.54, 1.807) is 0 Å². The minimum absolute atomic E-state index is 0.150. The predicted molar refractivity (Wildman–Crippen MR) is 56.2 cm³/mol. The van der Waals surface area contributed by atoms with Gasteiger partial charge in [0.15, 0.2) is 0 Å². The smallest absolute Gasteiger partial charge is 0.313 e. The van der Waals surface area contributed by atoms with Crippen LogP contribution in [0.15, 0.2) is 23.8 Å². The van der Waals surface area contributed by atoms with Crippen LogP contribution in [0, 0.1) is 0 Å². The van der Waals surface area contributed by atoms with E-state index in [2.05, 4.69) is 6.08 Å². The fraction of sp³-hybridized carbons (Fsp3) is 0.455. The van der Waals surface area contributed by atoms with Gasteiger partial charge in [-0.15, -0.1) is 0 Å². The van der Waals surface area contributed by atoms with Crippen LogP contribution in [-0.2, 0) is 14.3 Å². The number of carbonyl (C=O) groups is 2. The van der Waals surface area contributed by atoms with E-state index in [0.717, 1.165) is 25.5 Å². The van der Waals surface area contributed by atoms with Crippen molar-refractivity contribution >= 4 is 12.3 Å². The number of esters is 1. The van der Waals surface area contributed by atoms with Crippen LogP contribution in [0.2, 0.25) is 0 Å². The second-order valence-electron chi connectivity index (χ2n) is 2.82. The van der Waals surface area contributed by atoms with Gasteiger partial charge in [-0.1, -0.05) is 18.2 Å². The van der Waals surface area contributed by atoms with Crippen molar-refractivity contribution < 1.29 is 19.4 Å². The molecule has 15 heavy (non-hydrogen) atoms. The molecule has 0 aromatic rings. The number of aliphatic hydroxyl groups is 1. The zero-order chi connectivity index (χ0) is 11.5. The van der Waals surface area contributed by atoms with Gasteiger partial charge in [0.2, 0.25) is 0 Å². The molecule has 0 unspecified atom stereocenters. The second-order valence-corrected chi connectivity index (χ2v) is 2.82. The van der Waals surface area contributed by atoms with E-state index < -0.39 is 5.97 Å². The third-order valence-electron chi connectivity index (χ3n) is 1.77. The molecule has 0 fully saturated rings. The lowest BCUT2D eigenvalue weighted by Crippen LogP contribution is -2.08. The van der Waals surface area contributed by atoms with Crippen molar-refractivity contribution in [2.75, 3.05) is 13.7 Å². The van der Waals surface area contributed by atoms with E-state index in [4.69, 9.17) is 9.84 Å². The van der Waals surface area contributed by atoms with Crippen LogP contribution in [0.25, 0.3) is 0 Å². The number of carbonyl (C=O) groups excluding carboxylic acids is 2. The molecule has 1 rings (SSSR count). The van der Waals surface area contributed by atoms with E-state index in [1.807, 2.05) is 12.2 Å². The maximum atomic E-state index is 10.8. The summed E-state index contributed by atoms with van der Waals surface area (Å²) in [5.41, 5.74) is 1.10. The molecule has 0 saturated carbocycles. The Kier molecular flexibility index (Phi) is 8.28. The van der Waals surface area contributed by atoms with Crippen LogP contribution in [0.5, 0.6) is 0 Å². The molecule has 84 valence electrons. The van der Waals surface area contributed by atoms with Crippen LogP contribution < -0.4 is 0 Å². The number of aliphatic hydroxyl groups excluding tert-OH is 1. The van der Waals surface area contributed by atoms with Crippen LogP contribution in [-0.4, -0.2) is 31.1 Å². The summed E-state index contributed by atoms with van der Waals surface area (Å²) in [5, 5.41) is 7.00. The van der Waals surface area contributed by atoms with Gasteiger partial charge in [-0.25, -0.2) is 0 Å². The molecule has 0 saturated heterocycles. The predicted octanol–water partition coefficient (Wildman–Crippen LogP) is 1.00. The Morgan fingerprint density at radius 1 is 1.60 bits per heavy atom. The Morgan fingerprint density at radius 2 is 2.33 bits per heavy atom. The van der Waals surface area contributed by atoms with Gasteiger partial charge in [0.25, 0.3) is 0 Å². The molecule has 0 bridgehead atoms. The largest absolute Gasteiger partial charge is 0.461 e. The molecular weight excluding hydrogens is 196 g/mol. The van der Waals surface area contributed by atoms with Crippen LogP contribution in [0.3, 0.4) is 0 Å². The number of rotatable bonds is 4. The molecule has 0 spiro atoms. The van der Waals surface area contributed by atoms with Crippen molar-refractivity contribution in [1.29, 1.82) is 0 Å². The molecule has 0 aromatic carbocycles. The van der Waals surface area contributed by atoms with Gasteiger partial charge in [0.05, 0.1) is 0 Å². The summed E-state index contributed by atoms with van der Waals surface area (Å²) >= 11 is 0. The summed E-state index contributed by atoms with van der Waals surface area (Å²) < 4.78 is 4.85. The van der Waals surface area contributed by atoms with Crippen molar-refractivity contribution in [3.05, 3.63) is 23.8 Å². The van der Waals surface area contributed by atoms with Crippen molar-refractivity contribution in [2.45, 2.75) is 19.3 Å². The van der Waals surface area contributed by atoms with Gasteiger partial charge in [-0.3, -0.25) is 4.79 Å². The number of hydrogen-bond acceptors (Lipinski definition) is 4. The Hall–Kier alpha value is -1.42.